The molecule has 2 aromatic rings. The Morgan fingerprint density at radius 3 is 2.51 bits per heavy atom. The minimum Gasteiger partial charge on any atom is -0.493 e. The number of halogens is 2. The smallest absolute Gasteiger partial charge is 0.303 e. The molecule has 0 fully saturated rings. The Bertz CT molecular complexity index is 983. The van der Waals surface area contributed by atoms with E-state index in [1.807, 2.05) is 18.2 Å². The Labute approximate surface area is 215 Å². The quantitative estimate of drug-likeness (QED) is 0.305. The van der Waals surface area contributed by atoms with Crippen LogP contribution in [0.3, 0.4) is 0 Å². The van der Waals surface area contributed by atoms with Crippen LogP contribution in [0.4, 0.5) is 4.39 Å². The highest BCUT2D eigenvalue weighted by molar-refractivity contribution is 5.85. The van der Waals surface area contributed by atoms with Crippen molar-refractivity contribution in [2.75, 3.05) is 27.3 Å². The Morgan fingerprint density at radius 1 is 1.11 bits per heavy atom. The summed E-state index contributed by atoms with van der Waals surface area (Å²) >= 11 is 0. The minimum atomic E-state index is -0.582. The molecular formula is C28H39ClFNO4. The number of aryl methyl sites for hydroxylation is 2. The fourth-order valence-corrected chi connectivity index (χ4v) is 5.46. The zero-order chi connectivity index (χ0) is 24.7. The summed E-state index contributed by atoms with van der Waals surface area (Å²) < 4.78 is 30.6. The molecule has 35 heavy (non-hydrogen) atoms. The van der Waals surface area contributed by atoms with Gasteiger partial charge in [0.05, 0.1) is 14.2 Å². The highest BCUT2D eigenvalue weighted by Crippen LogP contribution is 2.48. The third kappa shape index (κ3) is 7.11. The van der Waals surface area contributed by atoms with Gasteiger partial charge in [-0.2, -0.15) is 0 Å². The van der Waals surface area contributed by atoms with Gasteiger partial charge in [0.25, 0.3) is 0 Å². The first-order valence-electron chi connectivity index (χ1n) is 12.2. The number of carbonyl (C=O) groups is 1. The Morgan fingerprint density at radius 2 is 1.86 bits per heavy atom. The van der Waals surface area contributed by atoms with Gasteiger partial charge in [-0.1, -0.05) is 26.0 Å². The molecule has 0 unspecified atom stereocenters. The largest absolute Gasteiger partial charge is 0.493 e. The lowest BCUT2D eigenvalue weighted by Gasteiger charge is -2.46. The second-order valence-electron chi connectivity index (χ2n) is 9.52. The van der Waals surface area contributed by atoms with Gasteiger partial charge in [0.15, 0.2) is 11.5 Å². The van der Waals surface area contributed by atoms with E-state index in [4.69, 9.17) is 14.2 Å². The molecule has 0 aliphatic heterocycles. The van der Waals surface area contributed by atoms with Crippen molar-refractivity contribution in [2.45, 2.75) is 64.4 Å². The number of ether oxygens (including phenoxy) is 3. The molecule has 0 bridgehead atoms. The molecule has 0 radical (unpaired) electrons. The highest BCUT2D eigenvalue weighted by atomic mass is 35.5. The van der Waals surface area contributed by atoms with Crippen molar-refractivity contribution in [1.29, 1.82) is 0 Å². The van der Waals surface area contributed by atoms with E-state index in [1.54, 1.807) is 20.3 Å². The molecule has 0 spiro atoms. The zero-order valence-electron chi connectivity index (χ0n) is 21.5. The maximum absolute atomic E-state index is 13.8. The molecule has 3 rings (SSSR count). The van der Waals surface area contributed by atoms with Gasteiger partial charge in [-0.3, -0.25) is 4.79 Å². The molecule has 1 aliphatic rings. The SMILES string of the molecule is COc1ccc(CCCNCC[C@]2(OC(C)=O)CCc3cc(F)ccc3[C@H]2C(C)C)cc1OC.Cl. The predicted molar refractivity (Wildman–Crippen MR) is 139 cm³/mol. The molecule has 0 saturated heterocycles. The summed E-state index contributed by atoms with van der Waals surface area (Å²) in [6.07, 6.45) is 4.05. The van der Waals surface area contributed by atoms with Crippen LogP contribution in [0.1, 0.15) is 62.6 Å². The number of fused-ring (bicyclic) bond motifs is 1. The summed E-state index contributed by atoms with van der Waals surface area (Å²) in [7, 11) is 3.28. The molecular weight excluding hydrogens is 469 g/mol. The molecule has 0 saturated carbocycles. The van der Waals surface area contributed by atoms with Crippen molar-refractivity contribution in [3.05, 3.63) is 58.9 Å². The number of esters is 1. The zero-order valence-corrected chi connectivity index (χ0v) is 22.3. The van der Waals surface area contributed by atoms with Crippen molar-refractivity contribution >= 4 is 18.4 Å². The van der Waals surface area contributed by atoms with Crippen LogP contribution in [0.5, 0.6) is 11.5 Å². The van der Waals surface area contributed by atoms with E-state index in [1.165, 1.54) is 18.6 Å². The molecule has 1 aliphatic carbocycles. The van der Waals surface area contributed by atoms with Gasteiger partial charge in [-0.25, -0.2) is 4.39 Å². The van der Waals surface area contributed by atoms with Gasteiger partial charge >= 0.3 is 5.97 Å². The summed E-state index contributed by atoms with van der Waals surface area (Å²) in [4.78, 5) is 12.1. The maximum atomic E-state index is 13.8. The van der Waals surface area contributed by atoms with Crippen LogP contribution in [0, 0.1) is 11.7 Å². The van der Waals surface area contributed by atoms with Gasteiger partial charge in [0, 0.05) is 19.3 Å². The van der Waals surface area contributed by atoms with Crippen LogP contribution in [0.15, 0.2) is 36.4 Å². The fourth-order valence-electron chi connectivity index (χ4n) is 5.46. The Balaban J connectivity index is 0.00000432. The normalized spacial score (nSPS) is 19.0. The van der Waals surface area contributed by atoms with Crippen LogP contribution in [-0.4, -0.2) is 38.9 Å². The minimum absolute atomic E-state index is 0. The number of nitrogens with one attached hydrogen (secondary N) is 1. The van der Waals surface area contributed by atoms with Crippen LogP contribution in [0.25, 0.3) is 0 Å². The van der Waals surface area contributed by atoms with Crippen molar-refractivity contribution in [2.24, 2.45) is 5.92 Å². The number of benzene rings is 2. The van der Waals surface area contributed by atoms with E-state index in [9.17, 15) is 9.18 Å². The first-order valence-corrected chi connectivity index (χ1v) is 12.2. The average molecular weight is 508 g/mol. The van der Waals surface area contributed by atoms with E-state index in [0.717, 1.165) is 55.0 Å². The van der Waals surface area contributed by atoms with E-state index < -0.39 is 5.60 Å². The molecule has 0 amide bonds. The second-order valence-corrected chi connectivity index (χ2v) is 9.52. The summed E-state index contributed by atoms with van der Waals surface area (Å²) in [6.45, 7) is 7.39. The topological polar surface area (TPSA) is 56.8 Å². The van der Waals surface area contributed by atoms with Crippen LogP contribution >= 0.6 is 12.4 Å². The molecule has 1 N–H and O–H groups in total. The van der Waals surface area contributed by atoms with Gasteiger partial charge in [0.2, 0.25) is 0 Å². The van der Waals surface area contributed by atoms with E-state index in [2.05, 4.69) is 25.2 Å². The number of carbonyl (C=O) groups excluding carboxylic acids is 1. The van der Waals surface area contributed by atoms with Crippen molar-refractivity contribution in [3.63, 3.8) is 0 Å². The van der Waals surface area contributed by atoms with Gasteiger partial charge in [-0.15, -0.1) is 12.4 Å². The predicted octanol–water partition coefficient (Wildman–Crippen LogP) is 5.86. The first kappa shape index (κ1) is 28.9. The Kier molecular flexibility index (Phi) is 10.8. The first-order chi connectivity index (χ1) is 16.3. The van der Waals surface area contributed by atoms with Crippen molar-refractivity contribution in [1.82, 2.24) is 5.32 Å². The molecule has 7 heteroatoms. The van der Waals surface area contributed by atoms with Gasteiger partial charge < -0.3 is 19.5 Å². The summed E-state index contributed by atoms with van der Waals surface area (Å²) in [5.41, 5.74) is 2.76. The van der Waals surface area contributed by atoms with Crippen molar-refractivity contribution in [3.8, 4) is 11.5 Å². The molecule has 2 atom stereocenters. The number of rotatable bonds is 11. The molecule has 5 nitrogen and oxygen atoms in total. The molecule has 194 valence electrons. The standard InChI is InChI=1S/C28H38FNO4.ClH/c1-19(2)27-24-10-9-23(29)18-22(24)12-13-28(27,34-20(3)31)14-16-30-15-6-7-21-8-11-25(32-4)26(17-21)33-5;/h8-11,17-19,27,30H,6-7,12-16H2,1-5H3;1H/t27-,28-;/m1./s1. The third-order valence-corrected chi connectivity index (χ3v) is 6.83. The van der Waals surface area contributed by atoms with E-state index in [0.29, 0.717) is 12.8 Å². The number of hydrogen-bond donors (Lipinski definition) is 1. The van der Waals surface area contributed by atoms with E-state index >= 15 is 0 Å². The molecule has 0 aromatic heterocycles. The summed E-state index contributed by atoms with van der Waals surface area (Å²) in [6, 6.07) is 11.0. The highest BCUT2D eigenvalue weighted by Gasteiger charge is 2.47. The third-order valence-electron chi connectivity index (χ3n) is 6.83. The molecule has 0 heterocycles. The van der Waals surface area contributed by atoms with Crippen LogP contribution < -0.4 is 14.8 Å². The molecule has 2 aromatic carbocycles. The second kappa shape index (κ2) is 13.1. The van der Waals surface area contributed by atoms with Crippen molar-refractivity contribution < 1.29 is 23.4 Å². The van der Waals surface area contributed by atoms with Gasteiger partial charge in [-0.05, 0) is 85.6 Å². The summed E-state index contributed by atoms with van der Waals surface area (Å²) in [5, 5.41) is 3.54. The Hall–Kier alpha value is -2.31. The van der Waals surface area contributed by atoms with Crippen LogP contribution in [0.2, 0.25) is 0 Å². The van der Waals surface area contributed by atoms with Crippen LogP contribution in [-0.2, 0) is 22.4 Å². The summed E-state index contributed by atoms with van der Waals surface area (Å²) in [5.74, 6) is 1.30. The lowest BCUT2D eigenvalue weighted by atomic mass is 9.65. The van der Waals surface area contributed by atoms with Gasteiger partial charge in [0.1, 0.15) is 11.4 Å². The maximum Gasteiger partial charge on any atom is 0.303 e. The fraction of sp³-hybridized carbons (Fsp3) is 0.536. The lowest BCUT2D eigenvalue weighted by molar-refractivity contribution is -0.164. The number of hydrogen-bond acceptors (Lipinski definition) is 5. The van der Waals surface area contributed by atoms with E-state index in [-0.39, 0.29) is 36.0 Å². The average Bonchev–Trinajstić information content (AvgIpc) is 2.80. The monoisotopic (exact) mass is 507 g/mol. The lowest BCUT2D eigenvalue weighted by Crippen LogP contribution is -2.48. The number of methoxy groups -OCH3 is 2.